The van der Waals surface area contributed by atoms with Gasteiger partial charge in [0.1, 0.15) is 0 Å². The summed E-state index contributed by atoms with van der Waals surface area (Å²) in [5.41, 5.74) is 5.80. The minimum Gasteiger partial charge on any atom is -0.449 e. The molecule has 1 atom stereocenters. The maximum Gasteiger partial charge on any atom is 0.255 e. The monoisotopic (exact) mass is 468 g/mol. The lowest BCUT2D eigenvalue weighted by Crippen LogP contribution is -2.18. The molecule has 1 unspecified atom stereocenters. The minimum absolute atomic E-state index is 0.331. The van der Waals surface area contributed by atoms with Crippen LogP contribution in [-0.2, 0) is 0 Å². The van der Waals surface area contributed by atoms with Gasteiger partial charge in [-0.25, -0.2) is 0 Å². The first kappa shape index (κ1) is 19.1. The molecule has 0 aliphatic carbocycles. The number of thiophene rings is 1. The van der Waals surface area contributed by atoms with Gasteiger partial charge in [-0.2, -0.15) is 0 Å². The summed E-state index contributed by atoms with van der Waals surface area (Å²) < 4.78 is 11.6. The molecular weight excluding hydrogens is 448 g/mol. The van der Waals surface area contributed by atoms with E-state index in [1.165, 1.54) is 42.1 Å². The predicted molar refractivity (Wildman–Crippen MR) is 147 cm³/mol. The Kier molecular flexibility index (Phi) is 3.87. The van der Waals surface area contributed by atoms with E-state index < -0.39 is 0 Å². The zero-order valence-corrected chi connectivity index (χ0v) is 19.5. The fourth-order valence-electron chi connectivity index (χ4n) is 5.57. The van der Waals surface area contributed by atoms with Crippen LogP contribution in [-0.4, -0.2) is 4.57 Å². The fraction of sp³-hybridized carbons (Fsp3) is 0.0323. The van der Waals surface area contributed by atoms with Crippen LogP contribution in [0.25, 0.3) is 53.1 Å². The zero-order chi connectivity index (χ0) is 22.9. The number of rotatable bonds is 2. The van der Waals surface area contributed by atoms with Gasteiger partial charge >= 0.3 is 0 Å². The van der Waals surface area contributed by atoms with Crippen molar-refractivity contribution < 1.29 is 4.74 Å². The number of benzene rings is 5. The van der Waals surface area contributed by atoms with Crippen molar-refractivity contribution in [3.8, 4) is 16.9 Å². The molecule has 0 amide bonds. The van der Waals surface area contributed by atoms with E-state index in [1.54, 1.807) is 0 Å². The molecule has 35 heavy (non-hydrogen) atoms. The predicted octanol–water partition coefficient (Wildman–Crippen LogP) is 8.79. The van der Waals surface area contributed by atoms with Crippen LogP contribution in [0.2, 0.25) is 0 Å². The highest BCUT2D eigenvalue weighted by molar-refractivity contribution is 7.25. The van der Waals surface area contributed by atoms with Crippen molar-refractivity contribution in [3.05, 3.63) is 109 Å². The standard InChI is InChI=1S/C31H20N2OS/c1-2-9-19(10-3-1)20-13-8-15-25-28(20)21-11-4-6-14-24(21)33(25)31-32-23-17-18-27-29(30(23)34-31)22-12-5-7-16-26(22)35-27/h1-18,31-32H. The summed E-state index contributed by atoms with van der Waals surface area (Å²) in [5.74, 6) is 0.940. The van der Waals surface area contributed by atoms with E-state index in [0.29, 0.717) is 0 Å². The summed E-state index contributed by atoms with van der Waals surface area (Å²) in [6.07, 6.45) is -0.331. The normalized spacial score (nSPS) is 15.0. The molecule has 8 rings (SSSR count). The van der Waals surface area contributed by atoms with E-state index in [4.69, 9.17) is 4.74 Å². The highest BCUT2D eigenvalue weighted by Crippen LogP contribution is 2.49. The van der Waals surface area contributed by atoms with Crippen molar-refractivity contribution in [1.29, 1.82) is 0 Å². The number of para-hydroxylation sites is 1. The van der Waals surface area contributed by atoms with Crippen molar-refractivity contribution in [1.82, 2.24) is 4.57 Å². The van der Waals surface area contributed by atoms with Gasteiger partial charge in [-0.3, -0.25) is 4.57 Å². The van der Waals surface area contributed by atoms with Crippen LogP contribution in [0, 0.1) is 0 Å². The Hall–Kier alpha value is -4.28. The minimum atomic E-state index is -0.331. The molecule has 0 radical (unpaired) electrons. The van der Waals surface area contributed by atoms with E-state index in [-0.39, 0.29) is 6.35 Å². The van der Waals surface area contributed by atoms with Crippen molar-refractivity contribution in [2.24, 2.45) is 0 Å². The van der Waals surface area contributed by atoms with Gasteiger partial charge in [-0.05, 0) is 41.5 Å². The Morgan fingerprint density at radius 3 is 2.31 bits per heavy atom. The molecule has 3 heterocycles. The second-order valence-electron chi connectivity index (χ2n) is 8.98. The van der Waals surface area contributed by atoms with Gasteiger partial charge in [0.05, 0.1) is 16.7 Å². The topological polar surface area (TPSA) is 26.2 Å². The maximum absolute atomic E-state index is 6.75. The summed E-state index contributed by atoms with van der Waals surface area (Å²) in [5, 5.41) is 8.60. The molecule has 2 aromatic heterocycles. The Labute approximate surface area is 205 Å². The third kappa shape index (κ3) is 2.66. The SMILES string of the molecule is c1ccc(-c2cccc3c2c2ccccc2n3C2Nc3ccc4sc5ccccc5c4c3O2)cc1. The van der Waals surface area contributed by atoms with Crippen LogP contribution in [0.5, 0.6) is 5.75 Å². The molecule has 1 N–H and O–H groups in total. The Morgan fingerprint density at radius 1 is 0.629 bits per heavy atom. The number of fused-ring (bicyclic) bond motifs is 8. The zero-order valence-electron chi connectivity index (χ0n) is 18.7. The highest BCUT2D eigenvalue weighted by atomic mass is 32.1. The van der Waals surface area contributed by atoms with E-state index in [1.807, 2.05) is 11.3 Å². The average Bonchev–Trinajstić information content (AvgIpc) is 3.59. The molecular formula is C31H20N2OS. The van der Waals surface area contributed by atoms with Crippen molar-refractivity contribution >= 4 is 59.0 Å². The number of nitrogens with zero attached hydrogens (tertiary/aromatic N) is 1. The van der Waals surface area contributed by atoms with Gasteiger partial charge in [0.25, 0.3) is 6.35 Å². The highest BCUT2D eigenvalue weighted by Gasteiger charge is 2.29. The lowest BCUT2D eigenvalue weighted by Gasteiger charge is -2.16. The van der Waals surface area contributed by atoms with Crippen LogP contribution in [0.3, 0.4) is 0 Å². The first-order valence-corrected chi connectivity index (χ1v) is 12.6. The summed E-state index contributed by atoms with van der Waals surface area (Å²) in [7, 11) is 0. The molecule has 7 aromatic rings. The average molecular weight is 469 g/mol. The van der Waals surface area contributed by atoms with E-state index >= 15 is 0 Å². The number of hydrogen-bond donors (Lipinski definition) is 1. The second kappa shape index (κ2) is 7.11. The number of anilines is 1. The Balaban J connectivity index is 1.37. The molecule has 0 saturated carbocycles. The van der Waals surface area contributed by atoms with Crippen LogP contribution >= 0.6 is 11.3 Å². The molecule has 0 bridgehead atoms. The third-order valence-electron chi connectivity index (χ3n) is 7.06. The smallest absolute Gasteiger partial charge is 0.255 e. The fourth-order valence-corrected chi connectivity index (χ4v) is 6.68. The second-order valence-corrected chi connectivity index (χ2v) is 10.1. The summed E-state index contributed by atoms with van der Waals surface area (Å²) in [6.45, 7) is 0. The largest absolute Gasteiger partial charge is 0.449 e. The molecule has 1 aliphatic heterocycles. The molecule has 0 fully saturated rings. The van der Waals surface area contributed by atoms with Gasteiger partial charge in [0.2, 0.25) is 0 Å². The van der Waals surface area contributed by atoms with Crippen LogP contribution < -0.4 is 10.1 Å². The van der Waals surface area contributed by atoms with Gasteiger partial charge in [-0.1, -0.05) is 78.9 Å². The Morgan fingerprint density at radius 2 is 1.40 bits per heavy atom. The molecule has 0 spiro atoms. The van der Waals surface area contributed by atoms with Crippen LogP contribution in [0.15, 0.2) is 109 Å². The molecule has 1 aliphatic rings. The Bertz CT molecular complexity index is 1920. The van der Waals surface area contributed by atoms with Crippen LogP contribution in [0.1, 0.15) is 6.35 Å². The summed E-state index contributed by atoms with van der Waals surface area (Å²) >= 11 is 1.82. The molecule has 4 heteroatoms. The number of nitrogens with one attached hydrogen (secondary N) is 1. The van der Waals surface area contributed by atoms with E-state index in [2.05, 4.69) is 119 Å². The molecule has 5 aromatic carbocycles. The molecule has 0 saturated heterocycles. The van der Waals surface area contributed by atoms with Crippen molar-refractivity contribution in [2.45, 2.75) is 6.35 Å². The third-order valence-corrected chi connectivity index (χ3v) is 8.19. The summed E-state index contributed by atoms with van der Waals surface area (Å²) in [4.78, 5) is 0. The quantitative estimate of drug-likeness (QED) is 0.274. The summed E-state index contributed by atoms with van der Waals surface area (Å²) in [6, 6.07) is 38.7. The van der Waals surface area contributed by atoms with Crippen molar-refractivity contribution in [3.63, 3.8) is 0 Å². The number of hydrogen-bond acceptors (Lipinski definition) is 3. The first-order valence-electron chi connectivity index (χ1n) is 11.8. The lowest BCUT2D eigenvalue weighted by molar-refractivity contribution is 0.195. The number of aromatic nitrogens is 1. The van der Waals surface area contributed by atoms with E-state index in [0.717, 1.165) is 22.5 Å². The maximum atomic E-state index is 6.75. The van der Waals surface area contributed by atoms with Gasteiger partial charge in [0, 0.05) is 30.9 Å². The molecule has 166 valence electrons. The molecule has 3 nitrogen and oxygen atoms in total. The van der Waals surface area contributed by atoms with Crippen LogP contribution in [0.4, 0.5) is 5.69 Å². The first-order chi connectivity index (χ1) is 17.4. The number of ether oxygens (including phenoxy) is 1. The van der Waals surface area contributed by atoms with Gasteiger partial charge in [-0.15, -0.1) is 11.3 Å². The van der Waals surface area contributed by atoms with Crippen molar-refractivity contribution in [2.75, 3.05) is 5.32 Å². The van der Waals surface area contributed by atoms with E-state index in [9.17, 15) is 0 Å². The van der Waals surface area contributed by atoms with Gasteiger partial charge < -0.3 is 10.1 Å². The lowest BCUT2D eigenvalue weighted by atomic mass is 9.99. The van der Waals surface area contributed by atoms with Gasteiger partial charge in [0.15, 0.2) is 5.75 Å².